The molecule has 0 radical (unpaired) electrons. The Labute approximate surface area is 156 Å². The van der Waals surface area contributed by atoms with Crippen LogP contribution in [-0.2, 0) is 6.54 Å². The van der Waals surface area contributed by atoms with E-state index < -0.39 is 0 Å². The first-order valence-electron chi connectivity index (χ1n) is 8.32. The molecule has 4 nitrogen and oxygen atoms in total. The summed E-state index contributed by atoms with van der Waals surface area (Å²) in [5.41, 5.74) is 4.72. The molecule has 0 saturated heterocycles. The monoisotopic (exact) mass is 364 g/mol. The molecule has 3 aromatic rings. The van der Waals surface area contributed by atoms with Gasteiger partial charge in [0, 0.05) is 24.7 Å². The summed E-state index contributed by atoms with van der Waals surface area (Å²) in [5.74, 6) is -0.215. The number of nitrogens with one attached hydrogen (secondary N) is 2. The number of hydrogen-bond acceptors (Lipinski definition) is 3. The van der Waals surface area contributed by atoms with Crippen LogP contribution in [0.2, 0.25) is 0 Å². The highest BCUT2D eigenvalue weighted by Gasteiger charge is 2.14. The molecular formula is C21H20N2O2S. The molecule has 0 spiro atoms. The molecular weight excluding hydrogens is 344 g/mol. The first kappa shape index (κ1) is 17.9. The largest absolute Gasteiger partial charge is 0.355 e. The van der Waals surface area contributed by atoms with E-state index in [0.29, 0.717) is 17.0 Å². The third-order valence-corrected chi connectivity index (χ3v) is 5.04. The van der Waals surface area contributed by atoms with Gasteiger partial charge in [0.25, 0.3) is 11.8 Å². The molecule has 1 aromatic heterocycles. The molecule has 0 aliphatic rings. The number of carbonyl (C=O) groups excluding carboxylic acids is 2. The third kappa shape index (κ3) is 4.00. The number of amides is 2. The fourth-order valence-corrected chi connectivity index (χ4v) is 3.46. The number of benzene rings is 2. The molecule has 0 aliphatic carbocycles. The predicted molar refractivity (Wildman–Crippen MR) is 105 cm³/mol. The van der Waals surface area contributed by atoms with Crippen LogP contribution in [0.4, 0.5) is 0 Å². The van der Waals surface area contributed by atoms with Crippen LogP contribution in [-0.4, -0.2) is 18.9 Å². The van der Waals surface area contributed by atoms with E-state index in [9.17, 15) is 9.59 Å². The Bertz CT molecular complexity index is 912. The molecule has 0 aliphatic heterocycles. The van der Waals surface area contributed by atoms with Crippen molar-refractivity contribution in [1.29, 1.82) is 0 Å². The normalized spacial score (nSPS) is 10.4. The maximum atomic E-state index is 12.6. The second-order valence-corrected chi connectivity index (χ2v) is 6.90. The van der Waals surface area contributed by atoms with Crippen molar-refractivity contribution in [3.8, 4) is 11.1 Å². The SMILES string of the molecule is CNC(=O)c1ccc(CNC(=O)c2sccc2-c2ccc(C)cc2)cc1. The van der Waals surface area contributed by atoms with E-state index >= 15 is 0 Å². The van der Waals surface area contributed by atoms with Crippen LogP contribution in [0, 0.1) is 6.92 Å². The number of rotatable bonds is 5. The van der Waals surface area contributed by atoms with Crippen LogP contribution in [0.3, 0.4) is 0 Å². The molecule has 0 fully saturated rings. The van der Waals surface area contributed by atoms with E-state index in [0.717, 1.165) is 16.7 Å². The van der Waals surface area contributed by atoms with E-state index in [4.69, 9.17) is 0 Å². The Hall–Kier alpha value is -2.92. The molecule has 0 bridgehead atoms. The van der Waals surface area contributed by atoms with Gasteiger partial charge in [-0.05, 0) is 41.6 Å². The molecule has 3 rings (SSSR count). The number of thiophene rings is 1. The second-order valence-electron chi connectivity index (χ2n) is 5.99. The van der Waals surface area contributed by atoms with Crippen LogP contribution in [0.15, 0.2) is 60.0 Å². The van der Waals surface area contributed by atoms with E-state index in [-0.39, 0.29) is 11.8 Å². The average Bonchev–Trinajstić information content (AvgIpc) is 3.16. The lowest BCUT2D eigenvalue weighted by atomic mass is 10.0. The van der Waals surface area contributed by atoms with E-state index in [1.165, 1.54) is 16.9 Å². The van der Waals surface area contributed by atoms with Gasteiger partial charge in [-0.15, -0.1) is 11.3 Å². The Morgan fingerprint density at radius 2 is 1.62 bits per heavy atom. The molecule has 132 valence electrons. The summed E-state index contributed by atoms with van der Waals surface area (Å²) in [5, 5.41) is 7.48. The minimum atomic E-state index is -0.123. The van der Waals surface area contributed by atoms with Crippen molar-refractivity contribution in [2.75, 3.05) is 7.05 Å². The molecule has 0 atom stereocenters. The summed E-state index contributed by atoms with van der Waals surface area (Å²) in [7, 11) is 1.60. The Morgan fingerprint density at radius 3 is 2.27 bits per heavy atom. The van der Waals surface area contributed by atoms with Gasteiger partial charge in [-0.25, -0.2) is 0 Å². The number of aryl methyl sites for hydroxylation is 1. The highest BCUT2D eigenvalue weighted by molar-refractivity contribution is 7.12. The first-order chi connectivity index (χ1) is 12.6. The van der Waals surface area contributed by atoms with Crippen molar-refractivity contribution in [3.63, 3.8) is 0 Å². The zero-order valence-corrected chi connectivity index (χ0v) is 15.5. The summed E-state index contributed by atoms with van der Waals surface area (Å²) >= 11 is 1.44. The summed E-state index contributed by atoms with van der Waals surface area (Å²) in [6.45, 7) is 2.46. The smallest absolute Gasteiger partial charge is 0.262 e. The average molecular weight is 364 g/mol. The van der Waals surface area contributed by atoms with Crippen molar-refractivity contribution in [3.05, 3.63) is 81.5 Å². The van der Waals surface area contributed by atoms with Crippen molar-refractivity contribution in [2.45, 2.75) is 13.5 Å². The zero-order valence-electron chi connectivity index (χ0n) is 14.7. The minimum absolute atomic E-state index is 0.0917. The Balaban J connectivity index is 1.69. The van der Waals surface area contributed by atoms with Gasteiger partial charge in [-0.1, -0.05) is 42.0 Å². The maximum absolute atomic E-state index is 12.6. The summed E-state index contributed by atoms with van der Waals surface area (Å²) in [6.07, 6.45) is 0. The topological polar surface area (TPSA) is 58.2 Å². The van der Waals surface area contributed by atoms with Gasteiger partial charge in [0.2, 0.25) is 0 Å². The molecule has 2 aromatic carbocycles. The van der Waals surface area contributed by atoms with E-state index in [2.05, 4.69) is 10.6 Å². The van der Waals surface area contributed by atoms with Gasteiger partial charge >= 0.3 is 0 Å². The summed E-state index contributed by atoms with van der Waals surface area (Å²) in [4.78, 5) is 24.9. The lowest BCUT2D eigenvalue weighted by Gasteiger charge is -2.08. The maximum Gasteiger partial charge on any atom is 0.262 e. The van der Waals surface area contributed by atoms with Gasteiger partial charge < -0.3 is 10.6 Å². The second kappa shape index (κ2) is 7.97. The molecule has 2 amide bonds. The number of carbonyl (C=O) groups is 2. The molecule has 0 unspecified atom stereocenters. The van der Waals surface area contributed by atoms with Gasteiger partial charge in [0.1, 0.15) is 0 Å². The summed E-state index contributed by atoms with van der Waals surface area (Å²) in [6, 6.07) is 17.3. The highest BCUT2D eigenvalue weighted by Crippen LogP contribution is 2.28. The highest BCUT2D eigenvalue weighted by atomic mass is 32.1. The van der Waals surface area contributed by atoms with E-state index in [1.54, 1.807) is 19.2 Å². The quantitative estimate of drug-likeness (QED) is 0.719. The van der Waals surface area contributed by atoms with Crippen LogP contribution in [0.5, 0.6) is 0 Å². The van der Waals surface area contributed by atoms with Crippen LogP contribution < -0.4 is 10.6 Å². The van der Waals surface area contributed by atoms with Crippen LogP contribution >= 0.6 is 11.3 Å². The Kier molecular flexibility index (Phi) is 5.49. The van der Waals surface area contributed by atoms with Gasteiger partial charge in [-0.3, -0.25) is 9.59 Å². The standard InChI is InChI=1S/C21H20N2O2S/c1-14-3-7-16(8-4-14)18-11-12-26-19(18)21(25)23-13-15-5-9-17(10-6-15)20(24)22-2/h3-12H,13H2,1-2H3,(H,22,24)(H,23,25). The van der Waals surface area contributed by atoms with Crippen molar-refractivity contribution >= 4 is 23.2 Å². The molecule has 26 heavy (non-hydrogen) atoms. The lowest BCUT2D eigenvalue weighted by Crippen LogP contribution is -2.22. The molecule has 2 N–H and O–H groups in total. The Morgan fingerprint density at radius 1 is 0.923 bits per heavy atom. The van der Waals surface area contributed by atoms with Gasteiger partial charge in [0.05, 0.1) is 4.88 Å². The predicted octanol–water partition coefficient (Wildman–Crippen LogP) is 4.01. The zero-order chi connectivity index (χ0) is 18.5. The van der Waals surface area contributed by atoms with Gasteiger partial charge in [-0.2, -0.15) is 0 Å². The number of hydrogen-bond donors (Lipinski definition) is 2. The van der Waals surface area contributed by atoms with Crippen LogP contribution in [0.1, 0.15) is 31.2 Å². The van der Waals surface area contributed by atoms with Crippen molar-refractivity contribution in [2.24, 2.45) is 0 Å². The van der Waals surface area contributed by atoms with E-state index in [1.807, 2.05) is 54.8 Å². The third-order valence-electron chi connectivity index (χ3n) is 4.13. The molecule has 5 heteroatoms. The summed E-state index contributed by atoms with van der Waals surface area (Å²) < 4.78 is 0. The molecule has 0 saturated carbocycles. The van der Waals surface area contributed by atoms with Gasteiger partial charge in [0.15, 0.2) is 0 Å². The lowest BCUT2D eigenvalue weighted by molar-refractivity contribution is 0.0949. The fourth-order valence-electron chi connectivity index (χ4n) is 2.63. The fraction of sp³-hybridized carbons (Fsp3) is 0.143. The van der Waals surface area contributed by atoms with Crippen molar-refractivity contribution in [1.82, 2.24) is 10.6 Å². The van der Waals surface area contributed by atoms with Crippen molar-refractivity contribution < 1.29 is 9.59 Å². The van der Waals surface area contributed by atoms with Crippen LogP contribution in [0.25, 0.3) is 11.1 Å². The minimum Gasteiger partial charge on any atom is -0.355 e. The molecule has 1 heterocycles. The first-order valence-corrected chi connectivity index (χ1v) is 9.20.